The van der Waals surface area contributed by atoms with Crippen molar-refractivity contribution < 1.29 is 27.5 Å². The van der Waals surface area contributed by atoms with E-state index in [0.29, 0.717) is 0 Å². The van der Waals surface area contributed by atoms with Crippen molar-refractivity contribution >= 4 is 12.0 Å². The number of alkyl halides is 3. The van der Waals surface area contributed by atoms with Crippen molar-refractivity contribution in [2.24, 2.45) is 0 Å². The van der Waals surface area contributed by atoms with E-state index in [4.69, 9.17) is 5.11 Å². The number of halogens is 4. The van der Waals surface area contributed by atoms with Crippen molar-refractivity contribution in [2.75, 3.05) is 0 Å². The minimum Gasteiger partial charge on any atom is -0.478 e. The molecule has 0 unspecified atom stereocenters. The van der Waals surface area contributed by atoms with Crippen molar-refractivity contribution in [2.45, 2.75) is 6.18 Å². The number of aliphatic carboxylic acids is 1. The van der Waals surface area contributed by atoms with Crippen molar-refractivity contribution in [3.05, 3.63) is 65.5 Å². The molecule has 1 N–H and O–H groups in total. The fourth-order valence-corrected chi connectivity index (χ4v) is 1.93. The third-order valence-corrected chi connectivity index (χ3v) is 2.93. The number of benzene rings is 2. The molecule has 0 aliphatic heterocycles. The van der Waals surface area contributed by atoms with Gasteiger partial charge in [0.25, 0.3) is 0 Å². The maximum atomic E-state index is 14.3. The molecule has 0 bridgehead atoms. The van der Waals surface area contributed by atoms with Gasteiger partial charge in [0, 0.05) is 17.2 Å². The van der Waals surface area contributed by atoms with Crippen LogP contribution in [0, 0.1) is 5.82 Å². The fraction of sp³-hybridized carbons (Fsp3) is 0.0625. The minimum atomic E-state index is -4.52. The average Bonchev–Trinajstić information content (AvgIpc) is 2.45. The first-order valence-electron chi connectivity index (χ1n) is 6.16. The standard InChI is InChI=1S/C16H10F4O2/c17-15-10(7-8-14(21)22)3-2-6-13(15)11-4-1-5-12(9-11)16(18,19)20/h1-9H,(H,21,22)/b8-7+. The largest absolute Gasteiger partial charge is 0.478 e. The van der Waals surface area contributed by atoms with Crippen LogP contribution in [0.3, 0.4) is 0 Å². The molecule has 2 aromatic carbocycles. The van der Waals surface area contributed by atoms with Crippen molar-refractivity contribution in [3.63, 3.8) is 0 Å². The predicted octanol–water partition coefficient (Wildman–Crippen LogP) is 4.61. The second-order valence-corrected chi connectivity index (χ2v) is 4.46. The first-order chi connectivity index (χ1) is 10.3. The second kappa shape index (κ2) is 6.01. The smallest absolute Gasteiger partial charge is 0.416 e. The molecule has 0 aliphatic carbocycles. The maximum Gasteiger partial charge on any atom is 0.416 e. The molecule has 0 fully saturated rings. The summed E-state index contributed by atoms with van der Waals surface area (Å²) in [6.45, 7) is 0. The molecule has 0 spiro atoms. The monoisotopic (exact) mass is 310 g/mol. The molecule has 0 heterocycles. The highest BCUT2D eigenvalue weighted by molar-refractivity contribution is 5.85. The van der Waals surface area contributed by atoms with Crippen LogP contribution in [0.25, 0.3) is 17.2 Å². The van der Waals surface area contributed by atoms with E-state index in [1.54, 1.807) is 0 Å². The summed E-state index contributed by atoms with van der Waals surface area (Å²) in [5, 5.41) is 8.54. The first kappa shape index (κ1) is 15.8. The third-order valence-electron chi connectivity index (χ3n) is 2.93. The van der Waals surface area contributed by atoms with Gasteiger partial charge < -0.3 is 5.11 Å². The lowest BCUT2D eigenvalue weighted by molar-refractivity contribution is -0.137. The van der Waals surface area contributed by atoms with Crippen LogP contribution >= 0.6 is 0 Å². The molecule has 0 amide bonds. The highest BCUT2D eigenvalue weighted by atomic mass is 19.4. The van der Waals surface area contributed by atoms with Crippen molar-refractivity contribution in [1.29, 1.82) is 0 Å². The van der Waals surface area contributed by atoms with Crippen LogP contribution in [0.2, 0.25) is 0 Å². The SMILES string of the molecule is O=C(O)/C=C/c1cccc(-c2cccc(C(F)(F)F)c2)c1F. The lowest BCUT2D eigenvalue weighted by atomic mass is 10.00. The number of hydrogen-bond donors (Lipinski definition) is 1. The van der Waals surface area contributed by atoms with E-state index in [1.807, 2.05) is 0 Å². The van der Waals surface area contributed by atoms with Gasteiger partial charge in [-0.2, -0.15) is 13.2 Å². The summed E-state index contributed by atoms with van der Waals surface area (Å²) in [5.41, 5.74) is -0.857. The molecule has 22 heavy (non-hydrogen) atoms. The summed E-state index contributed by atoms with van der Waals surface area (Å²) < 4.78 is 52.4. The van der Waals surface area contributed by atoms with Crippen molar-refractivity contribution in [3.8, 4) is 11.1 Å². The summed E-state index contributed by atoms with van der Waals surface area (Å²) in [6.07, 6.45) is -2.71. The molecular formula is C16H10F4O2. The Hall–Kier alpha value is -2.63. The molecule has 2 nitrogen and oxygen atoms in total. The molecule has 0 atom stereocenters. The molecule has 0 aromatic heterocycles. The van der Waals surface area contributed by atoms with E-state index in [-0.39, 0.29) is 16.7 Å². The van der Waals surface area contributed by atoms with Gasteiger partial charge in [-0.1, -0.05) is 30.3 Å². The second-order valence-electron chi connectivity index (χ2n) is 4.46. The zero-order valence-electron chi connectivity index (χ0n) is 11.1. The minimum absolute atomic E-state index is 0.0164. The van der Waals surface area contributed by atoms with Crippen LogP contribution in [0.5, 0.6) is 0 Å². The van der Waals surface area contributed by atoms with Gasteiger partial charge in [-0.05, 0) is 23.8 Å². The van der Waals surface area contributed by atoms with Crippen molar-refractivity contribution in [1.82, 2.24) is 0 Å². The molecule has 0 saturated heterocycles. The first-order valence-corrected chi connectivity index (χ1v) is 6.16. The number of carboxylic acid groups (broad SMARTS) is 1. The molecule has 2 aromatic rings. The Bertz CT molecular complexity index is 733. The Morgan fingerprint density at radius 2 is 1.77 bits per heavy atom. The highest BCUT2D eigenvalue weighted by Crippen LogP contribution is 2.33. The summed E-state index contributed by atoms with van der Waals surface area (Å²) in [4.78, 5) is 10.5. The number of hydrogen-bond acceptors (Lipinski definition) is 1. The van der Waals surface area contributed by atoms with Crippen LogP contribution in [0.15, 0.2) is 48.5 Å². The van der Waals surface area contributed by atoms with Gasteiger partial charge in [-0.25, -0.2) is 9.18 Å². The van der Waals surface area contributed by atoms with E-state index in [2.05, 4.69) is 0 Å². The maximum absolute atomic E-state index is 14.3. The van der Waals surface area contributed by atoms with Gasteiger partial charge in [0.15, 0.2) is 0 Å². The highest BCUT2D eigenvalue weighted by Gasteiger charge is 2.30. The number of carbonyl (C=O) groups is 1. The normalized spacial score (nSPS) is 11.8. The molecule has 0 aliphatic rings. The van der Waals surface area contributed by atoms with E-state index < -0.39 is 23.5 Å². The summed E-state index contributed by atoms with van der Waals surface area (Å²) in [7, 11) is 0. The van der Waals surface area contributed by atoms with Crippen LogP contribution in [0.4, 0.5) is 17.6 Å². The van der Waals surface area contributed by atoms with Gasteiger partial charge in [-0.3, -0.25) is 0 Å². The Morgan fingerprint density at radius 1 is 1.09 bits per heavy atom. The fourth-order valence-electron chi connectivity index (χ4n) is 1.93. The Balaban J connectivity index is 2.50. The lowest BCUT2D eigenvalue weighted by Crippen LogP contribution is -2.04. The van der Waals surface area contributed by atoms with Gasteiger partial charge in [-0.15, -0.1) is 0 Å². The molecule has 2 rings (SSSR count). The zero-order chi connectivity index (χ0) is 16.3. The summed E-state index contributed by atoms with van der Waals surface area (Å²) in [5.74, 6) is -2.02. The molecule has 0 saturated carbocycles. The van der Waals surface area contributed by atoms with Crippen LogP contribution in [0.1, 0.15) is 11.1 Å². The Kier molecular flexibility index (Phi) is 4.30. The Labute approximate surface area is 123 Å². The Morgan fingerprint density at radius 3 is 2.41 bits per heavy atom. The summed E-state index contributed by atoms with van der Waals surface area (Å²) >= 11 is 0. The van der Waals surface area contributed by atoms with Gasteiger partial charge in [0.05, 0.1) is 5.56 Å². The molecule has 6 heteroatoms. The van der Waals surface area contributed by atoms with E-state index in [9.17, 15) is 22.4 Å². The molecular weight excluding hydrogens is 300 g/mol. The van der Waals surface area contributed by atoms with Crippen LogP contribution in [-0.4, -0.2) is 11.1 Å². The predicted molar refractivity (Wildman–Crippen MR) is 73.5 cm³/mol. The topological polar surface area (TPSA) is 37.3 Å². The van der Waals surface area contributed by atoms with Crippen LogP contribution in [-0.2, 0) is 11.0 Å². The van der Waals surface area contributed by atoms with E-state index in [1.165, 1.54) is 30.3 Å². The van der Waals surface area contributed by atoms with E-state index >= 15 is 0 Å². The van der Waals surface area contributed by atoms with Gasteiger partial charge in [0.1, 0.15) is 5.82 Å². The lowest BCUT2D eigenvalue weighted by Gasteiger charge is -2.10. The quantitative estimate of drug-likeness (QED) is 0.664. The van der Waals surface area contributed by atoms with E-state index in [0.717, 1.165) is 24.3 Å². The zero-order valence-corrected chi connectivity index (χ0v) is 11.1. The molecule has 0 radical (unpaired) electrons. The summed E-state index contributed by atoms with van der Waals surface area (Å²) in [6, 6.07) is 8.42. The average molecular weight is 310 g/mol. The third kappa shape index (κ3) is 3.52. The number of rotatable bonds is 3. The van der Waals surface area contributed by atoms with Gasteiger partial charge in [0.2, 0.25) is 0 Å². The van der Waals surface area contributed by atoms with Crippen LogP contribution < -0.4 is 0 Å². The molecule has 114 valence electrons. The number of carboxylic acids is 1. The van der Waals surface area contributed by atoms with Gasteiger partial charge >= 0.3 is 12.1 Å².